The molecule has 31 heavy (non-hydrogen) atoms. The number of nitrogens with one attached hydrogen (secondary N) is 3. The van der Waals surface area contributed by atoms with Crippen LogP contribution in [0.3, 0.4) is 0 Å². The summed E-state index contributed by atoms with van der Waals surface area (Å²) in [7, 11) is 0. The Labute approximate surface area is 178 Å². The molecule has 2 aromatic carbocycles. The molecule has 0 amide bonds. The third-order valence-electron chi connectivity index (χ3n) is 4.67. The minimum absolute atomic E-state index is 0.0473. The van der Waals surface area contributed by atoms with Crippen LogP contribution in [0.5, 0.6) is 5.75 Å². The first kappa shape index (κ1) is 21.7. The second kappa shape index (κ2) is 9.21. The fourth-order valence-electron chi connectivity index (χ4n) is 2.87. The van der Waals surface area contributed by atoms with Gasteiger partial charge in [-0.3, -0.25) is 10.8 Å². The van der Waals surface area contributed by atoms with Gasteiger partial charge in [0.2, 0.25) is 5.75 Å². The lowest BCUT2D eigenvalue weighted by Gasteiger charge is -2.14. The largest absolute Gasteiger partial charge is 0.481 e. The molecule has 0 unspecified atom stereocenters. The summed E-state index contributed by atoms with van der Waals surface area (Å²) in [5, 5.41) is 17.8. The highest BCUT2D eigenvalue weighted by atomic mass is 19.1. The van der Waals surface area contributed by atoms with E-state index in [-0.39, 0.29) is 36.1 Å². The van der Waals surface area contributed by atoms with E-state index in [9.17, 15) is 4.39 Å². The summed E-state index contributed by atoms with van der Waals surface area (Å²) in [5.41, 5.74) is 13.7. The Balaban J connectivity index is 1.74. The van der Waals surface area contributed by atoms with Crippen molar-refractivity contribution in [2.75, 3.05) is 5.32 Å². The van der Waals surface area contributed by atoms with Gasteiger partial charge in [-0.1, -0.05) is 24.3 Å². The molecule has 0 fully saturated rings. The number of aryl methyl sites for hydroxylation is 1. The molecule has 0 saturated carbocycles. The van der Waals surface area contributed by atoms with Crippen LogP contribution < -0.4 is 21.5 Å². The van der Waals surface area contributed by atoms with Crippen molar-refractivity contribution in [2.45, 2.75) is 20.1 Å². The van der Waals surface area contributed by atoms with Crippen molar-refractivity contribution in [1.82, 2.24) is 4.98 Å². The number of aromatic nitrogens is 1. The van der Waals surface area contributed by atoms with E-state index in [0.29, 0.717) is 22.4 Å². The molecule has 1 heterocycles. The molecular weight excluding hydrogens is 402 g/mol. The average Bonchev–Trinajstić information content (AvgIpc) is 2.74. The van der Waals surface area contributed by atoms with Crippen LogP contribution in [0.25, 0.3) is 0 Å². The maximum absolute atomic E-state index is 15.0. The number of ether oxygens (including phenoxy) is 1. The van der Waals surface area contributed by atoms with Crippen molar-refractivity contribution >= 4 is 17.4 Å². The van der Waals surface area contributed by atoms with Crippen LogP contribution in [0, 0.1) is 29.5 Å². The molecular formula is C22H22F2N6O. The van der Waals surface area contributed by atoms with Crippen LogP contribution in [-0.2, 0) is 13.2 Å². The summed E-state index contributed by atoms with van der Waals surface area (Å²) in [6.07, 6.45) is 0. The van der Waals surface area contributed by atoms with Gasteiger partial charge in [-0.25, -0.2) is 9.37 Å². The maximum atomic E-state index is 15.0. The summed E-state index contributed by atoms with van der Waals surface area (Å²) in [5.74, 6) is -2.51. The minimum atomic E-state index is -1.02. The monoisotopic (exact) mass is 424 g/mol. The number of amidine groups is 2. The summed E-state index contributed by atoms with van der Waals surface area (Å²) in [4.78, 5) is 3.77. The van der Waals surface area contributed by atoms with Gasteiger partial charge in [-0.15, -0.1) is 0 Å². The zero-order valence-electron chi connectivity index (χ0n) is 16.8. The fraction of sp³-hybridized carbons (Fsp3) is 0.136. The van der Waals surface area contributed by atoms with Crippen LogP contribution in [0.2, 0.25) is 0 Å². The third-order valence-corrected chi connectivity index (χ3v) is 4.67. The highest BCUT2D eigenvalue weighted by Crippen LogP contribution is 2.27. The fourth-order valence-corrected chi connectivity index (χ4v) is 2.87. The number of hydrogen-bond donors (Lipinski definition) is 5. The van der Waals surface area contributed by atoms with Gasteiger partial charge in [0.1, 0.15) is 18.3 Å². The number of nitrogens with two attached hydrogens (primary N) is 2. The molecule has 0 bridgehead atoms. The highest BCUT2D eigenvalue weighted by molar-refractivity contribution is 5.95. The number of anilines is 1. The molecule has 1 aromatic heterocycles. The SMILES string of the molecule is Cc1nc(F)c(OCc2ccc(C(=N)N)cc2)c(F)c1CNc1ccc(C(=N)N)cc1. The molecule has 160 valence electrons. The molecule has 0 spiro atoms. The Bertz CT molecular complexity index is 1030. The molecule has 3 aromatic rings. The number of benzene rings is 2. The van der Waals surface area contributed by atoms with Gasteiger partial charge in [0.05, 0.1) is 0 Å². The first-order chi connectivity index (χ1) is 14.8. The second-order valence-electron chi connectivity index (χ2n) is 6.85. The van der Waals surface area contributed by atoms with Crippen LogP contribution >= 0.6 is 0 Å². The Hall–Kier alpha value is -4.01. The van der Waals surface area contributed by atoms with E-state index in [2.05, 4.69) is 10.3 Å². The molecule has 7 nitrogen and oxygen atoms in total. The topological polar surface area (TPSA) is 134 Å². The summed E-state index contributed by atoms with van der Waals surface area (Å²) in [6, 6.07) is 13.4. The van der Waals surface area contributed by atoms with Crippen molar-refractivity contribution in [3.05, 3.63) is 88.2 Å². The van der Waals surface area contributed by atoms with Crippen LogP contribution in [0.1, 0.15) is 27.9 Å². The molecule has 0 atom stereocenters. The van der Waals surface area contributed by atoms with Gasteiger partial charge in [-0.05, 0) is 36.8 Å². The molecule has 0 aliphatic carbocycles. The van der Waals surface area contributed by atoms with E-state index < -0.39 is 17.5 Å². The van der Waals surface area contributed by atoms with E-state index in [1.807, 2.05) is 0 Å². The zero-order valence-corrected chi connectivity index (χ0v) is 16.8. The summed E-state index contributed by atoms with van der Waals surface area (Å²) < 4.78 is 34.7. The van der Waals surface area contributed by atoms with E-state index >= 15 is 4.39 Å². The lowest BCUT2D eigenvalue weighted by molar-refractivity contribution is 0.267. The third kappa shape index (κ3) is 5.13. The van der Waals surface area contributed by atoms with E-state index in [1.54, 1.807) is 48.5 Å². The van der Waals surface area contributed by atoms with E-state index in [1.165, 1.54) is 6.92 Å². The molecule has 0 saturated heterocycles. The number of hydrogen-bond acceptors (Lipinski definition) is 5. The van der Waals surface area contributed by atoms with Gasteiger partial charge in [0.15, 0.2) is 5.82 Å². The smallest absolute Gasteiger partial charge is 0.258 e. The van der Waals surface area contributed by atoms with Gasteiger partial charge in [-0.2, -0.15) is 4.39 Å². The van der Waals surface area contributed by atoms with Gasteiger partial charge in [0, 0.05) is 34.6 Å². The Kier molecular flexibility index (Phi) is 6.44. The number of halogens is 2. The van der Waals surface area contributed by atoms with Crippen molar-refractivity contribution in [3.63, 3.8) is 0 Å². The Morgan fingerprint density at radius 1 is 0.968 bits per heavy atom. The molecule has 0 aliphatic heterocycles. The molecule has 3 rings (SSSR count). The van der Waals surface area contributed by atoms with Gasteiger partial charge in [0.25, 0.3) is 5.95 Å². The van der Waals surface area contributed by atoms with Crippen molar-refractivity contribution in [1.29, 1.82) is 10.8 Å². The van der Waals surface area contributed by atoms with E-state index in [4.69, 9.17) is 27.0 Å². The predicted octanol–water partition coefficient (Wildman–Crippen LogP) is 3.43. The van der Waals surface area contributed by atoms with Crippen molar-refractivity contribution < 1.29 is 13.5 Å². The number of pyridine rings is 1. The molecule has 7 N–H and O–H groups in total. The quantitative estimate of drug-likeness (QED) is 0.215. The van der Waals surface area contributed by atoms with Gasteiger partial charge < -0.3 is 21.5 Å². The number of nitrogens with zero attached hydrogens (tertiary/aromatic N) is 1. The summed E-state index contributed by atoms with van der Waals surface area (Å²) >= 11 is 0. The number of rotatable bonds is 8. The Morgan fingerprint density at radius 2 is 1.52 bits per heavy atom. The number of nitrogen functional groups attached to an aromatic ring is 2. The molecule has 9 heteroatoms. The standard InChI is InChI=1S/C22H22F2N6O/c1-12-17(10-29-16-8-6-15(7-9-16)22(27)28)18(23)19(20(24)30-12)31-11-13-2-4-14(5-3-13)21(25)26/h2-9,29H,10-11H2,1H3,(H3,25,26)(H3,27,28). The molecule has 0 aliphatic rings. The predicted molar refractivity (Wildman–Crippen MR) is 115 cm³/mol. The minimum Gasteiger partial charge on any atom is -0.481 e. The first-order valence-electron chi connectivity index (χ1n) is 9.35. The maximum Gasteiger partial charge on any atom is 0.258 e. The Morgan fingerprint density at radius 3 is 2.06 bits per heavy atom. The molecule has 0 radical (unpaired) electrons. The second-order valence-corrected chi connectivity index (χ2v) is 6.85. The van der Waals surface area contributed by atoms with Crippen molar-refractivity contribution in [2.24, 2.45) is 11.5 Å². The first-order valence-corrected chi connectivity index (χ1v) is 9.35. The van der Waals surface area contributed by atoms with Crippen LogP contribution in [-0.4, -0.2) is 16.7 Å². The summed E-state index contributed by atoms with van der Waals surface area (Å²) in [6.45, 7) is 1.51. The van der Waals surface area contributed by atoms with Gasteiger partial charge >= 0.3 is 0 Å². The highest BCUT2D eigenvalue weighted by Gasteiger charge is 2.20. The lowest BCUT2D eigenvalue weighted by Crippen LogP contribution is -2.12. The van der Waals surface area contributed by atoms with Crippen molar-refractivity contribution in [3.8, 4) is 5.75 Å². The van der Waals surface area contributed by atoms with Crippen LogP contribution in [0.4, 0.5) is 14.5 Å². The zero-order chi connectivity index (χ0) is 22.5. The normalized spacial score (nSPS) is 10.5. The van der Waals surface area contributed by atoms with E-state index in [0.717, 1.165) is 0 Å². The lowest BCUT2D eigenvalue weighted by atomic mass is 10.1. The average molecular weight is 424 g/mol. The van der Waals surface area contributed by atoms with Crippen LogP contribution in [0.15, 0.2) is 48.5 Å².